The first-order valence-electron chi connectivity index (χ1n) is 5.10. The number of nitrogens with zero attached hydrogens (tertiary/aromatic N) is 1. The molecule has 1 fully saturated rings. The van der Waals surface area contributed by atoms with Crippen LogP contribution in [0, 0.1) is 5.92 Å². The van der Waals surface area contributed by atoms with E-state index < -0.39 is 5.60 Å². The highest BCUT2D eigenvalue weighted by molar-refractivity contribution is 5.48. The standard InChI is InChI=1S/C11H16N2O2/c1-15-7-11(14,8-2-3-8)9-6-13-5-4-10(9)12/h4-6,8,14H,2-3,7H2,1H3,(H2,12,13). The zero-order valence-corrected chi connectivity index (χ0v) is 8.81. The van der Waals surface area contributed by atoms with E-state index >= 15 is 0 Å². The third kappa shape index (κ3) is 1.82. The number of nitrogen functional groups attached to an aromatic ring is 1. The van der Waals surface area contributed by atoms with E-state index in [-0.39, 0.29) is 12.5 Å². The lowest BCUT2D eigenvalue weighted by atomic mass is 9.89. The lowest BCUT2D eigenvalue weighted by molar-refractivity contribution is -0.0529. The molecule has 15 heavy (non-hydrogen) atoms. The van der Waals surface area contributed by atoms with Gasteiger partial charge in [0.1, 0.15) is 5.60 Å². The topological polar surface area (TPSA) is 68.4 Å². The van der Waals surface area contributed by atoms with Crippen LogP contribution in [0.4, 0.5) is 5.69 Å². The fourth-order valence-electron chi connectivity index (χ4n) is 1.96. The fraction of sp³-hybridized carbons (Fsp3) is 0.545. The van der Waals surface area contributed by atoms with Crippen LogP contribution in [-0.4, -0.2) is 23.8 Å². The number of methoxy groups -OCH3 is 1. The highest BCUT2D eigenvalue weighted by Crippen LogP contribution is 2.47. The van der Waals surface area contributed by atoms with Crippen molar-refractivity contribution in [1.29, 1.82) is 0 Å². The summed E-state index contributed by atoms with van der Waals surface area (Å²) in [6.45, 7) is 0.271. The molecule has 2 rings (SSSR count). The summed E-state index contributed by atoms with van der Waals surface area (Å²) < 4.78 is 5.08. The maximum Gasteiger partial charge on any atom is 0.119 e. The summed E-state index contributed by atoms with van der Waals surface area (Å²) in [4.78, 5) is 4.01. The summed E-state index contributed by atoms with van der Waals surface area (Å²) in [5, 5.41) is 10.6. The number of hydrogen-bond acceptors (Lipinski definition) is 4. The summed E-state index contributed by atoms with van der Waals surface area (Å²) >= 11 is 0. The predicted octanol–water partition coefficient (Wildman–Crippen LogP) is 0.908. The van der Waals surface area contributed by atoms with E-state index in [2.05, 4.69) is 4.98 Å². The molecule has 1 aliphatic rings. The van der Waals surface area contributed by atoms with Crippen LogP contribution in [0.2, 0.25) is 0 Å². The Morgan fingerprint density at radius 2 is 2.40 bits per heavy atom. The smallest absolute Gasteiger partial charge is 0.119 e. The van der Waals surface area contributed by atoms with Gasteiger partial charge in [-0.2, -0.15) is 0 Å². The monoisotopic (exact) mass is 208 g/mol. The van der Waals surface area contributed by atoms with Gasteiger partial charge in [-0.05, 0) is 24.8 Å². The molecule has 0 saturated heterocycles. The SMILES string of the molecule is COCC(O)(c1cnccc1N)C1CC1. The summed E-state index contributed by atoms with van der Waals surface area (Å²) in [6, 6.07) is 1.71. The Labute approximate surface area is 89.1 Å². The average Bonchev–Trinajstić information content (AvgIpc) is 3.02. The van der Waals surface area contributed by atoms with Crippen LogP contribution < -0.4 is 5.73 Å². The Hall–Kier alpha value is -1.13. The lowest BCUT2D eigenvalue weighted by Crippen LogP contribution is -2.34. The Morgan fingerprint density at radius 3 is 2.93 bits per heavy atom. The second kappa shape index (κ2) is 3.79. The van der Waals surface area contributed by atoms with Gasteiger partial charge in [-0.25, -0.2) is 0 Å². The molecule has 1 aliphatic carbocycles. The number of nitrogens with two attached hydrogens (primary N) is 1. The van der Waals surface area contributed by atoms with Gasteiger partial charge in [0.2, 0.25) is 0 Å². The number of anilines is 1. The summed E-state index contributed by atoms with van der Waals surface area (Å²) in [5.74, 6) is 0.254. The zero-order chi connectivity index (χ0) is 10.9. The van der Waals surface area contributed by atoms with Crippen LogP contribution in [-0.2, 0) is 10.3 Å². The van der Waals surface area contributed by atoms with E-state index in [0.29, 0.717) is 11.3 Å². The van der Waals surface area contributed by atoms with Crippen LogP contribution in [0.15, 0.2) is 18.5 Å². The van der Waals surface area contributed by atoms with Gasteiger partial charge >= 0.3 is 0 Å². The van der Waals surface area contributed by atoms with Crippen molar-refractivity contribution in [3.63, 3.8) is 0 Å². The highest BCUT2D eigenvalue weighted by atomic mass is 16.5. The normalized spacial score (nSPS) is 19.9. The molecule has 0 spiro atoms. The van der Waals surface area contributed by atoms with Gasteiger partial charge in [0.25, 0.3) is 0 Å². The number of hydrogen-bond donors (Lipinski definition) is 2. The molecule has 82 valence electrons. The summed E-state index contributed by atoms with van der Waals surface area (Å²) in [5.41, 5.74) is 6.15. The van der Waals surface area contributed by atoms with Crippen molar-refractivity contribution in [3.8, 4) is 0 Å². The van der Waals surface area contributed by atoms with Gasteiger partial charge in [-0.15, -0.1) is 0 Å². The molecular formula is C11H16N2O2. The van der Waals surface area contributed by atoms with Crippen LogP contribution in [0.25, 0.3) is 0 Å². The van der Waals surface area contributed by atoms with Gasteiger partial charge in [0, 0.05) is 30.8 Å². The quantitative estimate of drug-likeness (QED) is 0.771. The molecule has 1 aromatic rings. The van der Waals surface area contributed by atoms with Crippen LogP contribution in [0.5, 0.6) is 0 Å². The van der Waals surface area contributed by atoms with Crippen molar-refractivity contribution in [2.45, 2.75) is 18.4 Å². The minimum atomic E-state index is -0.965. The number of aromatic nitrogens is 1. The fourth-order valence-corrected chi connectivity index (χ4v) is 1.96. The van der Waals surface area contributed by atoms with E-state index in [9.17, 15) is 5.11 Å². The molecule has 1 atom stereocenters. The predicted molar refractivity (Wildman–Crippen MR) is 57.1 cm³/mol. The highest BCUT2D eigenvalue weighted by Gasteiger charge is 2.46. The van der Waals surface area contributed by atoms with Gasteiger partial charge in [0.15, 0.2) is 0 Å². The largest absolute Gasteiger partial charge is 0.398 e. The number of ether oxygens (including phenoxy) is 1. The van der Waals surface area contributed by atoms with Gasteiger partial charge in [0.05, 0.1) is 6.61 Å². The average molecular weight is 208 g/mol. The van der Waals surface area contributed by atoms with Gasteiger partial charge in [-0.1, -0.05) is 0 Å². The third-order valence-electron chi connectivity index (χ3n) is 2.94. The van der Waals surface area contributed by atoms with Crippen molar-refractivity contribution in [1.82, 2.24) is 4.98 Å². The molecule has 1 heterocycles. The second-order valence-electron chi connectivity index (χ2n) is 4.09. The third-order valence-corrected chi connectivity index (χ3v) is 2.94. The second-order valence-corrected chi connectivity index (χ2v) is 4.09. The maximum atomic E-state index is 10.6. The Balaban J connectivity index is 2.35. The molecule has 1 saturated carbocycles. The first-order chi connectivity index (χ1) is 7.18. The van der Waals surface area contributed by atoms with Crippen molar-refractivity contribution in [2.24, 2.45) is 5.92 Å². The van der Waals surface area contributed by atoms with E-state index in [1.54, 1.807) is 25.6 Å². The first-order valence-corrected chi connectivity index (χ1v) is 5.10. The van der Waals surface area contributed by atoms with Crippen LogP contribution in [0.1, 0.15) is 18.4 Å². The Bertz CT molecular complexity index is 352. The van der Waals surface area contributed by atoms with Crippen LogP contribution >= 0.6 is 0 Å². The molecule has 3 N–H and O–H groups in total. The number of aliphatic hydroxyl groups is 1. The molecule has 0 aromatic carbocycles. The molecule has 0 aliphatic heterocycles. The summed E-state index contributed by atoms with van der Waals surface area (Å²) in [6.07, 6.45) is 5.30. The molecule has 1 aromatic heterocycles. The number of rotatable bonds is 4. The van der Waals surface area contributed by atoms with Crippen molar-refractivity contribution in [2.75, 3.05) is 19.5 Å². The Morgan fingerprint density at radius 1 is 1.67 bits per heavy atom. The molecule has 4 nitrogen and oxygen atoms in total. The Kier molecular flexibility index (Phi) is 2.63. The molecule has 1 unspecified atom stereocenters. The van der Waals surface area contributed by atoms with Crippen molar-refractivity contribution >= 4 is 5.69 Å². The molecule has 0 amide bonds. The minimum Gasteiger partial charge on any atom is -0.398 e. The van der Waals surface area contributed by atoms with Gasteiger partial charge in [-0.3, -0.25) is 4.98 Å². The van der Waals surface area contributed by atoms with Crippen molar-refractivity contribution in [3.05, 3.63) is 24.0 Å². The van der Waals surface area contributed by atoms with Crippen LogP contribution in [0.3, 0.4) is 0 Å². The molecule has 0 bridgehead atoms. The minimum absolute atomic E-state index is 0.254. The molecule has 4 heteroatoms. The van der Waals surface area contributed by atoms with E-state index in [4.69, 9.17) is 10.5 Å². The van der Waals surface area contributed by atoms with E-state index in [1.165, 1.54) is 0 Å². The zero-order valence-electron chi connectivity index (χ0n) is 8.81. The van der Waals surface area contributed by atoms with E-state index in [1.807, 2.05) is 0 Å². The van der Waals surface area contributed by atoms with Gasteiger partial charge < -0.3 is 15.6 Å². The van der Waals surface area contributed by atoms with E-state index in [0.717, 1.165) is 12.8 Å². The first kappa shape index (κ1) is 10.4. The summed E-state index contributed by atoms with van der Waals surface area (Å²) in [7, 11) is 1.58. The molecular weight excluding hydrogens is 192 g/mol. The van der Waals surface area contributed by atoms with Crippen molar-refractivity contribution < 1.29 is 9.84 Å². The lowest BCUT2D eigenvalue weighted by Gasteiger charge is -2.28. The maximum absolute atomic E-state index is 10.6. The number of pyridine rings is 1. The molecule has 0 radical (unpaired) electrons.